The van der Waals surface area contributed by atoms with Crippen LogP contribution in [0.1, 0.15) is 58.3 Å². The van der Waals surface area contributed by atoms with E-state index in [1.165, 1.54) is 45.6 Å². The van der Waals surface area contributed by atoms with Crippen molar-refractivity contribution in [1.29, 1.82) is 0 Å². The van der Waals surface area contributed by atoms with E-state index in [1.807, 2.05) is 0 Å². The van der Waals surface area contributed by atoms with E-state index < -0.39 is 0 Å². The number of hydrogen-bond acceptors (Lipinski definition) is 3. The number of ether oxygens (including phenoxy) is 1. The van der Waals surface area contributed by atoms with E-state index in [9.17, 15) is 4.79 Å². The van der Waals surface area contributed by atoms with E-state index in [0.717, 1.165) is 18.9 Å². The van der Waals surface area contributed by atoms with Gasteiger partial charge in [0.2, 0.25) is 0 Å². The topological polar surface area (TPSA) is 38.3 Å². The van der Waals surface area contributed by atoms with Crippen LogP contribution in [0.5, 0.6) is 0 Å². The predicted octanol–water partition coefficient (Wildman–Crippen LogP) is 2.89. The zero-order valence-corrected chi connectivity index (χ0v) is 11.3. The van der Waals surface area contributed by atoms with E-state index in [2.05, 4.69) is 17.0 Å². The van der Waals surface area contributed by atoms with Crippen molar-refractivity contribution in [3.05, 3.63) is 0 Å². The van der Waals surface area contributed by atoms with Crippen LogP contribution in [0.25, 0.3) is 0 Å². The van der Waals surface area contributed by atoms with Gasteiger partial charge in [0.1, 0.15) is 0 Å². The molecule has 1 aliphatic carbocycles. The van der Waals surface area contributed by atoms with Crippen molar-refractivity contribution in [1.82, 2.24) is 5.32 Å². The first kappa shape index (κ1) is 14.5. The lowest BCUT2D eigenvalue weighted by molar-refractivity contribution is -0.140. The lowest BCUT2D eigenvalue weighted by Gasteiger charge is -2.16. The molecule has 0 saturated heterocycles. The summed E-state index contributed by atoms with van der Waals surface area (Å²) in [5.41, 5.74) is 0. The van der Waals surface area contributed by atoms with Gasteiger partial charge in [0, 0.05) is 12.5 Å². The summed E-state index contributed by atoms with van der Waals surface area (Å²) in [7, 11) is 1.45. The minimum atomic E-state index is -0.0984. The maximum Gasteiger partial charge on any atom is 0.305 e. The van der Waals surface area contributed by atoms with E-state index in [0.29, 0.717) is 12.5 Å². The first-order chi connectivity index (χ1) is 8.26. The summed E-state index contributed by atoms with van der Waals surface area (Å²) in [5, 5.41) is 3.58. The highest BCUT2D eigenvalue weighted by Gasteiger charge is 2.16. The smallest absolute Gasteiger partial charge is 0.305 e. The predicted molar refractivity (Wildman–Crippen MR) is 69.9 cm³/mol. The Bertz CT molecular complexity index is 218. The Balaban J connectivity index is 2.08. The lowest BCUT2D eigenvalue weighted by atomic mass is 9.98. The molecule has 1 rings (SSSR count). The number of hydrogen-bond donors (Lipinski definition) is 1. The first-order valence-corrected chi connectivity index (χ1v) is 7.06. The van der Waals surface area contributed by atoms with Crippen LogP contribution in [0.3, 0.4) is 0 Å². The van der Waals surface area contributed by atoms with Crippen LogP contribution >= 0.6 is 0 Å². The summed E-state index contributed by atoms with van der Waals surface area (Å²) in [6.45, 7) is 3.24. The minimum Gasteiger partial charge on any atom is -0.469 e. The van der Waals surface area contributed by atoms with Crippen LogP contribution in [0.4, 0.5) is 0 Å². The third-order valence-corrected chi connectivity index (χ3v) is 3.88. The molecule has 100 valence electrons. The summed E-state index contributed by atoms with van der Waals surface area (Å²) in [4.78, 5) is 10.9. The number of esters is 1. The van der Waals surface area contributed by atoms with E-state index in [-0.39, 0.29) is 5.97 Å². The highest BCUT2D eigenvalue weighted by molar-refractivity contribution is 5.69. The molecule has 0 radical (unpaired) electrons. The molecule has 0 aromatic carbocycles. The highest BCUT2D eigenvalue weighted by Crippen LogP contribution is 2.25. The molecule has 1 saturated carbocycles. The van der Waals surface area contributed by atoms with Crippen LogP contribution in [-0.4, -0.2) is 25.7 Å². The van der Waals surface area contributed by atoms with Gasteiger partial charge >= 0.3 is 5.97 Å². The Hall–Kier alpha value is -0.570. The maximum atomic E-state index is 10.9. The Kier molecular flexibility index (Phi) is 7.25. The summed E-state index contributed by atoms with van der Waals surface area (Å²) in [6, 6.07) is 0.671. The molecule has 0 aromatic rings. The second-order valence-corrected chi connectivity index (χ2v) is 5.11. The van der Waals surface area contributed by atoms with Gasteiger partial charge in [-0.25, -0.2) is 0 Å². The van der Waals surface area contributed by atoms with Crippen molar-refractivity contribution in [3.8, 4) is 0 Å². The van der Waals surface area contributed by atoms with Crippen molar-refractivity contribution in [3.63, 3.8) is 0 Å². The zero-order valence-electron chi connectivity index (χ0n) is 11.3. The fraction of sp³-hybridized carbons (Fsp3) is 0.929. The highest BCUT2D eigenvalue weighted by atomic mass is 16.5. The fourth-order valence-corrected chi connectivity index (χ4v) is 2.63. The Labute approximate surface area is 105 Å². The molecule has 2 atom stereocenters. The van der Waals surface area contributed by atoms with Crippen LogP contribution in [0, 0.1) is 5.92 Å². The van der Waals surface area contributed by atoms with Crippen molar-refractivity contribution in [2.75, 3.05) is 13.7 Å². The molecule has 0 bridgehead atoms. The molecule has 1 aliphatic rings. The summed E-state index contributed by atoms with van der Waals surface area (Å²) < 4.78 is 4.62. The van der Waals surface area contributed by atoms with Crippen LogP contribution in [-0.2, 0) is 9.53 Å². The molecular formula is C14H27NO2. The number of nitrogens with one attached hydrogen (secondary N) is 1. The summed E-state index contributed by atoms with van der Waals surface area (Å²) in [6.07, 6.45) is 9.48. The van der Waals surface area contributed by atoms with Gasteiger partial charge in [0.15, 0.2) is 0 Å². The van der Waals surface area contributed by atoms with Crippen LogP contribution < -0.4 is 5.32 Å². The van der Waals surface area contributed by atoms with Crippen LogP contribution in [0.15, 0.2) is 0 Å². The molecule has 1 fully saturated rings. The van der Waals surface area contributed by atoms with Gasteiger partial charge in [-0.3, -0.25) is 4.79 Å². The maximum absolute atomic E-state index is 10.9. The third kappa shape index (κ3) is 6.06. The Morgan fingerprint density at radius 2 is 2.12 bits per heavy atom. The van der Waals surface area contributed by atoms with Gasteiger partial charge in [-0.05, 0) is 38.1 Å². The molecule has 17 heavy (non-hydrogen) atoms. The summed E-state index contributed by atoms with van der Waals surface area (Å²) in [5.74, 6) is 0.843. The second-order valence-electron chi connectivity index (χ2n) is 5.11. The van der Waals surface area contributed by atoms with Crippen molar-refractivity contribution in [2.24, 2.45) is 5.92 Å². The molecule has 0 amide bonds. The molecule has 3 heteroatoms. The van der Waals surface area contributed by atoms with Gasteiger partial charge in [-0.2, -0.15) is 0 Å². The van der Waals surface area contributed by atoms with Gasteiger partial charge in [-0.1, -0.05) is 26.2 Å². The van der Waals surface area contributed by atoms with E-state index >= 15 is 0 Å². The third-order valence-electron chi connectivity index (χ3n) is 3.88. The Morgan fingerprint density at radius 1 is 1.29 bits per heavy atom. The number of carbonyl (C=O) groups is 1. The zero-order chi connectivity index (χ0) is 12.5. The molecule has 2 unspecified atom stereocenters. The molecule has 1 N–H and O–H groups in total. The monoisotopic (exact) mass is 241 g/mol. The fourth-order valence-electron chi connectivity index (χ4n) is 2.63. The largest absolute Gasteiger partial charge is 0.469 e. The molecular weight excluding hydrogens is 214 g/mol. The number of carbonyl (C=O) groups excluding carboxylic acids is 1. The molecule has 0 aliphatic heterocycles. The molecule has 3 nitrogen and oxygen atoms in total. The van der Waals surface area contributed by atoms with E-state index in [1.54, 1.807) is 0 Å². The molecule has 0 aromatic heterocycles. The standard InChI is InChI=1S/C14H27NO2/c1-3-12-6-4-7-13(10-9-12)15-11-5-8-14(16)17-2/h12-13,15H,3-11H2,1-2H3. The van der Waals surface area contributed by atoms with Gasteiger partial charge in [-0.15, -0.1) is 0 Å². The van der Waals surface area contributed by atoms with Crippen molar-refractivity contribution in [2.45, 2.75) is 64.3 Å². The quantitative estimate of drug-likeness (QED) is 0.441. The second kappa shape index (κ2) is 8.51. The van der Waals surface area contributed by atoms with Gasteiger partial charge in [0.05, 0.1) is 7.11 Å². The lowest BCUT2D eigenvalue weighted by Crippen LogP contribution is -2.29. The van der Waals surface area contributed by atoms with Crippen molar-refractivity contribution < 1.29 is 9.53 Å². The van der Waals surface area contributed by atoms with Crippen molar-refractivity contribution >= 4 is 5.97 Å². The summed E-state index contributed by atoms with van der Waals surface area (Å²) >= 11 is 0. The van der Waals surface area contributed by atoms with Gasteiger partial charge in [0.25, 0.3) is 0 Å². The molecule has 0 spiro atoms. The average molecular weight is 241 g/mol. The van der Waals surface area contributed by atoms with Crippen LogP contribution in [0.2, 0.25) is 0 Å². The van der Waals surface area contributed by atoms with Gasteiger partial charge < -0.3 is 10.1 Å². The average Bonchev–Trinajstić information content (AvgIpc) is 2.59. The number of rotatable bonds is 6. The first-order valence-electron chi connectivity index (χ1n) is 7.06. The minimum absolute atomic E-state index is 0.0984. The normalized spacial score (nSPS) is 25.3. The Morgan fingerprint density at radius 3 is 2.82 bits per heavy atom. The SMILES string of the molecule is CCC1CCCC(NCCCC(=O)OC)CC1. The van der Waals surface area contributed by atoms with E-state index in [4.69, 9.17) is 0 Å². The molecule has 0 heterocycles. The number of methoxy groups -OCH3 is 1.